The Morgan fingerprint density at radius 1 is 1.40 bits per heavy atom. The van der Waals surface area contributed by atoms with Gasteiger partial charge in [0.05, 0.1) is 18.2 Å². The predicted octanol–water partition coefficient (Wildman–Crippen LogP) is 2.01. The fourth-order valence-corrected chi connectivity index (χ4v) is 2.17. The second kappa shape index (κ2) is 7.05. The Hall–Kier alpha value is -1.88. The molecule has 2 rings (SSSR count). The highest BCUT2D eigenvalue weighted by Crippen LogP contribution is 2.28. The Balaban J connectivity index is 2.09. The lowest BCUT2D eigenvalue weighted by atomic mass is 10.1. The van der Waals surface area contributed by atoms with Crippen molar-refractivity contribution >= 4 is 0 Å². The van der Waals surface area contributed by atoms with Crippen molar-refractivity contribution in [2.45, 2.75) is 31.8 Å². The molecule has 4 heteroatoms. The summed E-state index contributed by atoms with van der Waals surface area (Å²) in [6.07, 6.45) is 2.90. The van der Waals surface area contributed by atoms with E-state index >= 15 is 0 Å². The van der Waals surface area contributed by atoms with E-state index < -0.39 is 0 Å². The lowest BCUT2D eigenvalue weighted by molar-refractivity contribution is 0.261. The van der Waals surface area contributed by atoms with Gasteiger partial charge in [0.15, 0.2) is 0 Å². The molecule has 0 spiro atoms. The first-order valence-corrected chi connectivity index (χ1v) is 6.83. The number of hydrogen-bond donors (Lipinski definition) is 1. The zero-order valence-corrected chi connectivity index (χ0v) is 11.4. The van der Waals surface area contributed by atoms with E-state index in [2.05, 4.69) is 22.8 Å². The Morgan fingerprint density at radius 3 is 2.85 bits per heavy atom. The van der Waals surface area contributed by atoms with Crippen LogP contribution in [0.4, 0.5) is 4.39 Å². The number of halogens is 1. The van der Waals surface area contributed by atoms with Crippen molar-refractivity contribution in [1.29, 1.82) is 5.26 Å². The van der Waals surface area contributed by atoms with Crippen LogP contribution in [-0.4, -0.2) is 24.0 Å². The van der Waals surface area contributed by atoms with Gasteiger partial charge >= 0.3 is 0 Å². The van der Waals surface area contributed by atoms with Gasteiger partial charge in [0, 0.05) is 25.6 Å². The molecule has 3 nitrogen and oxygen atoms in total. The van der Waals surface area contributed by atoms with Crippen molar-refractivity contribution in [3.05, 3.63) is 35.1 Å². The maximum atomic E-state index is 13.6. The monoisotopic (exact) mass is 271 g/mol. The SMILES string of the molecule is N#CCCN(Cc1ccc(F)c(C#CCN)c1)C1CC1. The van der Waals surface area contributed by atoms with Crippen LogP contribution in [0.15, 0.2) is 18.2 Å². The van der Waals surface area contributed by atoms with E-state index in [-0.39, 0.29) is 12.4 Å². The van der Waals surface area contributed by atoms with Crippen molar-refractivity contribution in [3.63, 3.8) is 0 Å². The van der Waals surface area contributed by atoms with Crippen molar-refractivity contribution in [2.24, 2.45) is 5.73 Å². The lowest BCUT2D eigenvalue weighted by Crippen LogP contribution is -2.26. The number of nitrogens with two attached hydrogens (primary N) is 1. The molecule has 0 atom stereocenters. The van der Waals surface area contributed by atoms with E-state index in [0.717, 1.165) is 18.7 Å². The van der Waals surface area contributed by atoms with E-state index in [9.17, 15) is 4.39 Å². The minimum Gasteiger partial charge on any atom is -0.320 e. The Kier molecular flexibility index (Phi) is 5.12. The van der Waals surface area contributed by atoms with Gasteiger partial charge in [0.2, 0.25) is 0 Å². The normalized spacial score (nSPS) is 13.7. The number of rotatable bonds is 5. The van der Waals surface area contributed by atoms with Crippen LogP contribution >= 0.6 is 0 Å². The topological polar surface area (TPSA) is 53.0 Å². The molecule has 1 aromatic carbocycles. The average Bonchev–Trinajstić information content (AvgIpc) is 3.28. The standard InChI is InChI=1S/C16H18FN3/c17-16-7-4-13(11-14(16)3-1-8-18)12-20(10-2-9-19)15-5-6-15/h4,7,11,15H,2,5-6,8,10,12,18H2. The molecule has 0 aromatic heterocycles. The van der Waals surface area contributed by atoms with Crippen LogP contribution in [0, 0.1) is 29.0 Å². The first-order chi connectivity index (χ1) is 9.74. The quantitative estimate of drug-likeness (QED) is 0.834. The zero-order chi connectivity index (χ0) is 14.4. The van der Waals surface area contributed by atoms with E-state index in [4.69, 9.17) is 11.0 Å². The molecular formula is C16H18FN3. The smallest absolute Gasteiger partial charge is 0.138 e. The fraction of sp³-hybridized carbons (Fsp3) is 0.438. The summed E-state index contributed by atoms with van der Waals surface area (Å²) in [6.45, 7) is 1.73. The molecule has 1 aromatic rings. The molecule has 0 amide bonds. The minimum absolute atomic E-state index is 0.222. The molecular weight excluding hydrogens is 253 g/mol. The molecule has 1 saturated carbocycles. The molecule has 0 saturated heterocycles. The van der Waals surface area contributed by atoms with Crippen LogP contribution in [0.2, 0.25) is 0 Å². The van der Waals surface area contributed by atoms with Crippen LogP contribution in [0.1, 0.15) is 30.4 Å². The summed E-state index contributed by atoms with van der Waals surface area (Å²) in [5.74, 6) is 5.11. The highest BCUT2D eigenvalue weighted by molar-refractivity contribution is 5.38. The maximum absolute atomic E-state index is 13.6. The van der Waals surface area contributed by atoms with Crippen molar-refractivity contribution in [1.82, 2.24) is 4.90 Å². The van der Waals surface area contributed by atoms with Gasteiger partial charge in [-0.1, -0.05) is 17.9 Å². The minimum atomic E-state index is -0.315. The van der Waals surface area contributed by atoms with Crippen LogP contribution in [-0.2, 0) is 6.54 Å². The summed E-state index contributed by atoms with van der Waals surface area (Å²) in [4.78, 5) is 2.29. The Bertz CT molecular complexity index is 561. The van der Waals surface area contributed by atoms with Gasteiger partial charge < -0.3 is 5.73 Å². The Morgan fingerprint density at radius 2 is 2.20 bits per heavy atom. The molecule has 0 aliphatic heterocycles. The summed E-state index contributed by atoms with van der Waals surface area (Å²) < 4.78 is 13.6. The first kappa shape index (κ1) is 14.5. The van der Waals surface area contributed by atoms with E-state index in [1.807, 2.05) is 0 Å². The molecule has 2 N–H and O–H groups in total. The van der Waals surface area contributed by atoms with Crippen LogP contribution in [0.3, 0.4) is 0 Å². The summed E-state index contributed by atoms with van der Waals surface area (Å²) in [7, 11) is 0. The summed E-state index contributed by atoms with van der Waals surface area (Å²) in [5.41, 5.74) is 6.73. The van der Waals surface area contributed by atoms with Crippen LogP contribution in [0.5, 0.6) is 0 Å². The largest absolute Gasteiger partial charge is 0.320 e. The van der Waals surface area contributed by atoms with Gasteiger partial charge in [0.1, 0.15) is 5.82 Å². The van der Waals surface area contributed by atoms with Gasteiger partial charge in [-0.15, -0.1) is 0 Å². The third kappa shape index (κ3) is 4.06. The average molecular weight is 271 g/mol. The highest BCUT2D eigenvalue weighted by atomic mass is 19.1. The number of nitrogens with zero attached hydrogens (tertiary/aromatic N) is 2. The van der Waals surface area contributed by atoms with Crippen molar-refractivity contribution in [3.8, 4) is 17.9 Å². The molecule has 0 unspecified atom stereocenters. The molecule has 1 aliphatic carbocycles. The Labute approximate surface area is 119 Å². The number of hydrogen-bond acceptors (Lipinski definition) is 3. The molecule has 0 radical (unpaired) electrons. The van der Waals surface area contributed by atoms with Gasteiger partial charge in [-0.3, -0.25) is 4.90 Å². The molecule has 0 bridgehead atoms. The van der Waals surface area contributed by atoms with Crippen molar-refractivity contribution < 1.29 is 4.39 Å². The van der Waals surface area contributed by atoms with E-state index in [1.54, 1.807) is 12.1 Å². The van der Waals surface area contributed by atoms with Gasteiger partial charge in [0.25, 0.3) is 0 Å². The predicted molar refractivity (Wildman–Crippen MR) is 76.0 cm³/mol. The molecule has 0 heterocycles. The van der Waals surface area contributed by atoms with E-state index in [0.29, 0.717) is 18.0 Å². The molecule has 20 heavy (non-hydrogen) atoms. The summed E-state index contributed by atoms with van der Waals surface area (Å²) in [6, 6.07) is 7.76. The second-order valence-corrected chi connectivity index (χ2v) is 4.93. The first-order valence-electron chi connectivity index (χ1n) is 6.83. The fourth-order valence-electron chi connectivity index (χ4n) is 2.17. The van der Waals surface area contributed by atoms with Crippen LogP contribution in [0.25, 0.3) is 0 Å². The molecule has 104 valence electrons. The number of benzene rings is 1. The second-order valence-electron chi connectivity index (χ2n) is 4.93. The zero-order valence-electron chi connectivity index (χ0n) is 11.4. The van der Waals surface area contributed by atoms with Crippen molar-refractivity contribution in [2.75, 3.05) is 13.1 Å². The van der Waals surface area contributed by atoms with E-state index in [1.165, 1.54) is 18.9 Å². The maximum Gasteiger partial charge on any atom is 0.138 e. The lowest BCUT2D eigenvalue weighted by Gasteiger charge is -2.20. The highest BCUT2D eigenvalue weighted by Gasteiger charge is 2.28. The number of nitriles is 1. The third-order valence-corrected chi connectivity index (χ3v) is 3.32. The van der Waals surface area contributed by atoms with Crippen LogP contribution < -0.4 is 5.73 Å². The van der Waals surface area contributed by atoms with Gasteiger partial charge in [-0.25, -0.2) is 4.39 Å². The third-order valence-electron chi connectivity index (χ3n) is 3.32. The summed E-state index contributed by atoms with van der Waals surface area (Å²) in [5, 5.41) is 8.70. The molecule has 1 fully saturated rings. The summed E-state index contributed by atoms with van der Waals surface area (Å²) >= 11 is 0. The molecule has 1 aliphatic rings. The van der Waals surface area contributed by atoms with Gasteiger partial charge in [-0.05, 0) is 30.5 Å². The van der Waals surface area contributed by atoms with Gasteiger partial charge in [-0.2, -0.15) is 5.26 Å².